The molecule has 112 valence electrons. The van der Waals surface area contributed by atoms with Gasteiger partial charge in [0.05, 0.1) is 12.6 Å². The Bertz CT molecular complexity index is 586. The highest BCUT2D eigenvalue weighted by Crippen LogP contribution is 2.30. The Morgan fingerprint density at radius 2 is 1.90 bits per heavy atom. The molecule has 0 aromatic heterocycles. The van der Waals surface area contributed by atoms with Crippen molar-refractivity contribution in [3.8, 4) is 0 Å². The largest absolute Gasteiger partial charge is 0.384 e. The van der Waals surface area contributed by atoms with E-state index < -0.39 is 0 Å². The fraction of sp³-hybridized carbons (Fsp3) is 0.294. The molecule has 0 saturated carbocycles. The minimum absolute atomic E-state index is 0.106. The highest BCUT2D eigenvalue weighted by atomic mass is 79.9. The van der Waals surface area contributed by atoms with Crippen molar-refractivity contribution in [2.75, 3.05) is 20.8 Å². The molecule has 0 fully saturated rings. The molecule has 2 aromatic carbocycles. The minimum Gasteiger partial charge on any atom is -0.384 e. The van der Waals surface area contributed by atoms with Crippen molar-refractivity contribution in [3.05, 3.63) is 68.7 Å². The lowest BCUT2D eigenvalue weighted by Gasteiger charge is -2.19. The quantitative estimate of drug-likeness (QED) is 0.804. The number of benzene rings is 2. The second kappa shape index (κ2) is 7.95. The maximum atomic E-state index is 6.13. The maximum absolute atomic E-state index is 6.13. The zero-order valence-electron chi connectivity index (χ0n) is 12.2. The summed E-state index contributed by atoms with van der Waals surface area (Å²) in [4.78, 5) is 0. The van der Waals surface area contributed by atoms with Gasteiger partial charge in [0.1, 0.15) is 0 Å². The molecule has 1 N–H and O–H groups in total. The fourth-order valence-electron chi connectivity index (χ4n) is 2.33. The van der Waals surface area contributed by atoms with Crippen LogP contribution in [0.2, 0.25) is 5.02 Å². The van der Waals surface area contributed by atoms with Crippen LogP contribution in [0.1, 0.15) is 22.7 Å². The van der Waals surface area contributed by atoms with Crippen molar-refractivity contribution < 1.29 is 4.74 Å². The van der Waals surface area contributed by atoms with Gasteiger partial charge in [0.2, 0.25) is 0 Å². The Kier molecular flexibility index (Phi) is 6.24. The van der Waals surface area contributed by atoms with Crippen molar-refractivity contribution in [1.29, 1.82) is 0 Å². The minimum atomic E-state index is 0.106. The van der Waals surface area contributed by atoms with E-state index in [1.54, 1.807) is 7.11 Å². The van der Waals surface area contributed by atoms with Crippen LogP contribution >= 0.6 is 27.5 Å². The van der Waals surface area contributed by atoms with Gasteiger partial charge in [0.15, 0.2) is 0 Å². The third-order valence-electron chi connectivity index (χ3n) is 3.47. The van der Waals surface area contributed by atoms with Crippen LogP contribution in [0.15, 0.2) is 46.9 Å². The monoisotopic (exact) mass is 367 g/mol. The molecule has 0 saturated heterocycles. The third kappa shape index (κ3) is 4.30. The van der Waals surface area contributed by atoms with Crippen LogP contribution in [-0.4, -0.2) is 20.8 Å². The molecule has 2 aromatic rings. The van der Waals surface area contributed by atoms with Crippen LogP contribution in [0.5, 0.6) is 0 Å². The van der Waals surface area contributed by atoms with Crippen LogP contribution in [-0.2, 0) is 11.2 Å². The molecule has 0 aliphatic heterocycles. The molecule has 4 heteroatoms. The van der Waals surface area contributed by atoms with E-state index >= 15 is 0 Å². The van der Waals surface area contributed by atoms with Gasteiger partial charge in [0, 0.05) is 16.6 Å². The van der Waals surface area contributed by atoms with Gasteiger partial charge in [-0.3, -0.25) is 0 Å². The van der Waals surface area contributed by atoms with E-state index in [4.69, 9.17) is 16.3 Å². The molecule has 0 aliphatic rings. The van der Waals surface area contributed by atoms with E-state index in [-0.39, 0.29) is 6.04 Å². The first-order valence-corrected chi connectivity index (χ1v) is 8.02. The van der Waals surface area contributed by atoms with Crippen molar-refractivity contribution in [2.24, 2.45) is 0 Å². The van der Waals surface area contributed by atoms with Crippen LogP contribution in [0, 0.1) is 0 Å². The molecule has 2 nitrogen and oxygen atoms in total. The summed E-state index contributed by atoms with van der Waals surface area (Å²) in [5, 5.41) is 4.09. The number of rotatable bonds is 6. The molecule has 21 heavy (non-hydrogen) atoms. The molecule has 0 spiro atoms. The van der Waals surface area contributed by atoms with Crippen LogP contribution in [0.4, 0.5) is 0 Å². The highest BCUT2D eigenvalue weighted by molar-refractivity contribution is 9.10. The normalized spacial score (nSPS) is 12.4. The number of hydrogen-bond donors (Lipinski definition) is 1. The van der Waals surface area contributed by atoms with E-state index in [1.165, 1.54) is 11.1 Å². The van der Waals surface area contributed by atoms with Gasteiger partial charge < -0.3 is 10.1 Å². The predicted octanol–water partition coefficient (Wildman–Crippen LogP) is 4.60. The first kappa shape index (κ1) is 16.5. The Morgan fingerprint density at radius 1 is 1.19 bits per heavy atom. The van der Waals surface area contributed by atoms with E-state index in [0.29, 0.717) is 0 Å². The first-order valence-electron chi connectivity index (χ1n) is 6.85. The van der Waals surface area contributed by atoms with E-state index in [0.717, 1.165) is 28.1 Å². The summed E-state index contributed by atoms with van der Waals surface area (Å²) >= 11 is 9.73. The summed E-state index contributed by atoms with van der Waals surface area (Å²) in [6.45, 7) is 0.745. The van der Waals surface area contributed by atoms with Crippen molar-refractivity contribution in [3.63, 3.8) is 0 Å². The Hall–Kier alpha value is -0.870. The summed E-state index contributed by atoms with van der Waals surface area (Å²) in [7, 11) is 3.68. The zero-order valence-corrected chi connectivity index (χ0v) is 14.5. The third-order valence-corrected chi connectivity index (χ3v) is 4.42. The lowest BCUT2D eigenvalue weighted by atomic mass is 9.97. The van der Waals surface area contributed by atoms with E-state index in [1.807, 2.05) is 25.2 Å². The average molecular weight is 369 g/mol. The number of nitrogens with one attached hydrogen (secondary N) is 1. The molecule has 0 heterocycles. The summed E-state index contributed by atoms with van der Waals surface area (Å²) in [5.74, 6) is 0. The van der Waals surface area contributed by atoms with Gasteiger partial charge in [0.25, 0.3) is 0 Å². The summed E-state index contributed by atoms with van der Waals surface area (Å²) in [6.07, 6.45) is 0.932. The van der Waals surface area contributed by atoms with Gasteiger partial charge in [-0.15, -0.1) is 0 Å². The molecule has 0 radical (unpaired) electrons. The molecular weight excluding hydrogens is 350 g/mol. The van der Waals surface area contributed by atoms with Crippen LogP contribution in [0.25, 0.3) is 0 Å². The van der Waals surface area contributed by atoms with Crippen LogP contribution in [0.3, 0.4) is 0 Å². The molecule has 1 unspecified atom stereocenters. The fourth-order valence-corrected chi connectivity index (χ4v) is 2.99. The summed E-state index contributed by atoms with van der Waals surface area (Å²) in [5.41, 5.74) is 3.62. The zero-order chi connectivity index (χ0) is 15.2. The lowest BCUT2D eigenvalue weighted by Crippen LogP contribution is -2.18. The first-order chi connectivity index (χ1) is 10.2. The van der Waals surface area contributed by atoms with Gasteiger partial charge >= 0.3 is 0 Å². The lowest BCUT2D eigenvalue weighted by molar-refractivity contribution is 0.202. The van der Waals surface area contributed by atoms with Gasteiger partial charge in [-0.25, -0.2) is 0 Å². The average Bonchev–Trinajstić information content (AvgIpc) is 2.50. The number of ether oxygens (including phenoxy) is 1. The number of hydrogen-bond acceptors (Lipinski definition) is 2. The summed E-state index contributed by atoms with van der Waals surface area (Å²) in [6, 6.07) is 14.6. The molecule has 0 bridgehead atoms. The number of methoxy groups -OCH3 is 1. The molecule has 2 rings (SSSR count). The highest BCUT2D eigenvalue weighted by Gasteiger charge is 2.15. The Morgan fingerprint density at radius 3 is 2.52 bits per heavy atom. The van der Waals surface area contributed by atoms with Crippen molar-refractivity contribution >= 4 is 27.5 Å². The van der Waals surface area contributed by atoms with Gasteiger partial charge in [-0.2, -0.15) is 0 Å². The molecular formula is C17H19BrClNO. The predicted molar refractivity (Wildman–Crippen MR) is 92.1 cm³/mol. The maximum Gasteiger partial charge on any atom is 0.0585 e. The standard InChI is InChI=1S/C17H19BrClNO/c1-20-17(15-11-14(19)7-8-16(15)18)13-5-3-12(4-6-13)9-10-21-2/h3-8,11,17,20H,9-10H2,1-2H3. The molecule has 1 atom stereocenters. The van der Waals surface area contributed by atoms with Gasteiger partial charge in [-0.05, 0) is 48.4 Å². The van der Waals surface area contributed by atoms with E-state index in [9.17, 15) is 0 Å². The topological polar surface area (TPSA) is 21.3 Å². The van der Waals surface area contributed by atoms with Crippen molar-refractivity contribution in [1.82, 2.24) is 5.32 Å². The Balaban J connectivity index is 2.26. The van der Waals surface area contributed by atoms with Crippen molar-refractivity contribution in [2.45, 2.75) is 12.5 Å². The second-order valence-corrected chi connectivity index (χ2v) is 6.16. The van der Waals surface area contributed by atoms with Gasteiger partial charge in [-0.1, -0.05) is 51.8 Å². The molecule has 0 aliphatic carbocycles. The molecule has 0 amide bonds. The summed E-state index contributed by atoms with van der Waals surface area (Å²) < 4.78 is 6.16. The Labute approximate surface area is 139 Å². The smallest absolute Gasteiger partial charge is 0.0585 e. The van der Waals surface area contributed by atoms with E-state index in [2.05, 4.69) is 45.5 Å². The second-order valence-electron chi connectivity index (χ2n) is 4.87. The SMILES string of the molecule is CNC(c1ccc(CCOC)cc1)c1cc(Cl)ccc1Br. The number of halogens is 2. The van der Waals surface area contributed by atoms with Crippen LogP contribution < -0.4 is 5.32 Å².